The van der Waals surface area contributed by atoms with E-state index in [1.807, 2.05) is 6.92 Å². The zero-order valence-corrected chi connectivity index (χ0v) is 10.3. The lowest BCUT2D eigenvalue weighted by Crippen LogP contribution is -2.45. The van der Waals surface area contributed by atoms with Crippen LogP contribution in [-0.4, -0.2) is 23.8 Å². The zero-order chi connectivity index (χ0) is 12.0. The molecule has 16 heavy (non-hydrogen) atoms. The van der Waals surface area contributed by atoms with Crippen molar-refractivity contribution in [2.75, 3.05) is 6.61 Å². The third-order valence-electron chi connectivity index (χ3n) is 4.24. The van der Waals surface area contributed by atoms with Crippen LogP contribution in [0.3, 0.4) is 0 Å². The first-order chi connectivity index (χ1) is 7.36. The maximum absolute atomic E-state index is 11.7. The third-order valence-corrected chi connectivity index (χ3v) is 4.24. The van der Waals surface area contributed by atoms with Crippen LogP contribution >= 0.6 is 0 Å². The second kappa shape index (κ2) is 3.66. The molecule has 1 saturated heterocycles. The summed E-state index contributed by atoms with van der Waals surface area (Å²) < 4.78 is 5.85. The molecule has 3 heteroatoms. The maximum atomic E-state index is 11.7. The molecule has 0 aromatic heterocycles. The van der Waals surface area contributed by atoms with Crippen molar-refractivity contribution in [3.05, 3.63) is 0 Å². The number of Topliss-reactive ketones (excluding diaryl/α,β-unsaturated/α-hetero) is 2. The van der Waals surface area contributed by atoms with E-state index in [1.165, 1.54) is 0 Å². The zero-order valence-electron chi connectivity index (χ0n) is 10.3. The molecule has 3 nitrogen and oxygen atoms in total. The van der Waals surface area contributed by atoms with Crippen LogP contribution in [0.15, 0.2) is 0 Å². The summed E-state index contributed by atoms with van der Waals surface area (Å²) in [4.78, 5) is 22.8. The Hall–Kier alpha value is -0.700. The number of hydrogen-bond donors (Lipinski definition) is 0. The summed E-state index contributed by atoms with van der Waals surface area (Å²) in [6.07, 6.45) is 2.60. The van der Waals surface area contributed by atoms with Crippen LogP contribution < -0.4 is 0 Å². The smallest absolute Gasteiger partial charge is 0.136 e. The first kappa shape index (κ1) is 11.8. The first-order valence-electron chi connectivity index (χ1n) is 6.01. The lowest BCUT2D eigenvalue weighted by Gasteiger charge is -2.41. The summed E-state index contributed by atoms with van der Waals surface area (Å²) in [6.45, 7) is 6.44. The fourth-order valence-corrected chi connectivity index (χ4v) is 3.52. The van der Waals surface area contributed by atoms with Crippen LogP contribution in [-0.2, 0) is 14.3 Å². The molecule has 1 aliphatic carbocycles. The van der Waals surface area contributed by atoms with E-state index in [4.69, 9.17) is 4.74 Å². The van der Waals surface area contributed by atoms with Crippen molar-refractivity contribution < 1.29 is 14.3 Å². The normalized spacial score (nSPS) is 42.4. The number of carbonyl (C=O) groups is 2. The highest BCUT2D eigenvalue weighted by Gasteiger charge is 2.57. The van der Waals surface area contributed by atoms with Gasteiger partial charge in [0.1, 0.15) is 11.6 Å². The average Bonchev–Trinajstić information content (AvgIpc) is 2.27. The molecule has 2 bridgehead atoms. The maximum Gasteiger partial charge on any atom is 0.136 e. The van der Waals surface area contributed by atoms with E-state index in [0.29, 0.717) is 37.6 Å². The number of ether oxygens (including phenoxy) is 1. The van der Waals surface area contributed by atoms with Crippen molar-refractivity contribution in [3.63, 3.8) is 0 Å². The monoisotopic (exact) mass is 224 g/mol. The Kier molecular flexibility index (Phi) is 2.69. The van der Waals surface area contributed by atoms with E-state index in [1.54, 1.807) is 6.92 Å². The molecular formula is C13H20O3. The highest BCUT2D eigenvalue weighted by Crippen LogP contribution is 2.54. The lowest BCUT2D eigenvalue weighted by atomic mass is 9.62. The fraction of sp³-hybridized carbons (Fsp3) is 0.846. The van der Waals surface area contributed by atoms with E-state index in [2.05, 4.69) is 6.92 Å². The molecule has 1 aliphatic heterocycles. The second-order valence-electron chi connectivity index (χ2n) is 5.94. The molecule has 0 aromatic rings. The highest BCUT2D eigenvalue weighted by atomic mass is 16.5. The van der Waals surface area contributed by atoms with Gasteiger partial charge in [-0.2, -0.15) is 0 Å². The summed E-state index contributed by atoms with van der Waals surface area (Å²) in [6, 6.07) is 0. The van der Waals surface area contributed by atoms with E-state index in [9.17, 15) is 9.59 Å². The second-order valence-corrected chi connectivity index (χ2v) is 5.94. The van der Waals surface area contributed by atoms with Crippen LogP contribution in [0.1, 0.15) is 46.5 Å². The Morgan fingerprint density at radius 3 is 2.69 bits per heavy atom. The summed E-state index contributed by atoms with van der Waals surface area (Å²) in [7, 11) is 0. The van der Waals surface area contributed by atoms with Crippen molar-refractivity contribution in [3.8, 4) is 0 Å². The summed E-state index contributed by atoms with van der Waals surface area (Å²) in [5.74, 6) is 0.881. The predicted molar refractivity (Wildman–Crippen MR) is 60.1 cm³/mol. The van der Waals surface area contributed by atoms with Crippen LogP contribution in [0.25, 0.3) is 0 Å². The van der Waals surface area contributed by atoms with Gasteiger partial charge in [0.05, 0.1) is 12.2 Å². The van der Waals surface area contributed by atoms with Crippen molar-refractivity contribution in [2.45, 2.75) is 52.1 Å². The average molecular weight is 224 g/mol. The SMILES string of the molecule is CC(=O)CCC1C2(C)COC1(C)CC(=O)C2. The van der Waals surface area contributed by atoms with Gasteiger partial charge >= 0.3 is 0 Å². The van der Waals surface area contributed by atoms with Gasteiger partial charge in [-0.25, -0.2) is 0 Å². The molecule has 0 radical (unpaired) electrons. The Morgan fingerprint density at radius 1 is 1.44 bits per heavy atom. The Morgan fingerprint density at radius 2 is 2.12 bits per heavy atom. The standard InChI is InChI=1S/C13H20O3/c1-9(14)4-5-11-12(2)6-10(15)7-13(11,3)16-8-12/h11H,4-8H2,1-3H3. The van der Waals surface area contributed by atoms with Gasteiger partial charge in [0, 0.05) is 24.7 Å². The van der Waals surface area contributed by atoms with Crippen molar-refractivity contribution in [2.24, 2.45) is 11.3 Å². The van der Waals surface area contributed by atoms with Gasteiger partial charge < -0.3 is 9.53 Å². The number of carbonyl (C=O) groups excluding carboxylic acids is 2. The van der Waals surface area contributed by atoms with Gasteiger partial charge in [-0.05, 0) is 26.2 Å². The molecule has 1 heterocycles. The van der Waals surface area contributed by atoms with Crippen LogP contribution in [0.5, 0.6) is 0 Å². The third kappa shape index (κ3) is 1.81. The van der Waals surface area contributed by atoms with Crippen molar-refractivity contribution in [1.82, 2.24) is 0 Å². The van der Waals surface area contributed by atoms with E-state index in [0.717, 1.165) is 6.42 Å². The lowest BCUT2D eigenvalue weighted by molar-refractivity contribution is -0.130. The molecule has 2 fully saturated rings. The Bertz CT molecular complexity index is 314. The van der Waals surface area contributed by atoms with Crippen LogP contribution in [0.2, 0.25) is 0 Å². The largest absolute Gasteiger partial charge is 0.374 e. The van der Waals surface area contributed by atoms with Crippen LogP contribution in [0.4, 0.5) is 0 Å². The fourth-order valence-electron chi connectivity index (χ4n) is 3.52. The molecule has 3 unspecified atom stereocenters. The molecule has 90 valence electrons. The number of rotatable bonds is 3. The molecular weight excluding hydrogens is 204 g/mol. The van der Waals surface area contributed by atoms with E-state index in [-0.39, 0.29) is 16.8 Å². The predicted octanol–water partition coefficient (Wildman–Crippen LogP) is 2.13. The molecule has 3 atom stereocenters. The number of ketones is 2. The first-order valence-corrected chi connectivity index (χ1v) is 6.01. The Balaban J connectivity index is 2.17. The summed E-state index contributed by atoms with van der Waals surface area (Å²) >= 11 is 0. The molecule has 2 rings (SSSR count). The minimum atomic E-state index is -0.320. The van der Waals surface area contributed by atoms with Crippen LogP contribution in [0, 0.1) is 11.3 Å². The number of fused-ring (bicyclic) bond motifs is 2. The molecule has 0 aromatic carbocycles. The summed E-state index contributed by atoms with van der Waals surface area (Å²) in [5, 5.41) is 0. The van der Waals surface area contributed by atoms with Gasteiger partial charge in [0.25, 0.3) is 0 Å². The minimum Gasteiger partial charge on any atom is -0.374 e. The molecule has 0 spiro atoms. The summed E-state index contributed by atoms with van der Waals surface area (Å²) in [5.41, 5.74) is -0.362. The molecule has 0 amide bonds. The van der Waals surface area contributed by atoms with Gasteiger partial charge in [0.15, 0.2) is 0 Å². The van der Waals surface area contributed by atoms with E-state index < -0.39 is 0 Å². The molecule has 0 N–H and O–H groups in total. The van der Waals surface area contributed by atoms with Gasteiger partial charge in [-0.1, -0.05) is 6.92 Å². The van der Waals surface area contributed by atoms with Crippen molar-refractivity contribution in [1.29, 1.82) is 0 Å². The molecule has 2 aliphatic rings. The van der Waals surface area contributed by atoms with Gasteiger partial charge in [-0.15, -0.1) is 0 Å². The highest BCUT2D eigenvalue weighted by molar-refractivity contribution is 5.82. The van der Waals surface area contributed by atoms with Gasteiger partial charge in [-0.3, -0.25) is 4.79 Å². The van der Waals surface area contributed by atoms with Crippen molar-refractivity contribution >= 4 is 11.6 Å². The quantitative estimate of drug-likeness (QED) is 0.737. The van der Waals surface area contributed by atoms with E-state index >= 15 is 0 Å². The molecule has 1 saturated carbocycles. The Labute approximate surface area is 96.5 Å². The number of hydrogen-bond acceptors (Lipinski definition) is 3. The van der Waals surface area contributed by atoms with Gasteiger partial charge in [0.2, 0.25) is 0 Å². The minimum absolute atomic E-state index is 0.0421. The topological polar surface area (TPSA) is 43.4 Å².